The first-order chi connectivity index (χ1) is 9.21. The van der Waals surface area contributed by atoms with Crippen LogP contribution < -0.4 is 10.9 Å². The molecule has 0 unspecified atom stereocenters. The molecule has 112 valence electrons. The van der Waals surface area contributed by atoms with Gasteiger partial charge in [0.1, 0.15) is 0 Å². The van der Waals surface area contributed by atoms with E-state index in [0.717, 1.165) is 12.5 Å². The van der Waals surface area contributed by atoms with Gasteiger partial charge in [0.15, 0.2) is 0 Å². The molecular formula is C11H17N3O4S2. The summed E-state index contributed by atoms with van der Waals surface area (Å²) in [7, 11) is -7.68. The van der Waals surface area contributed by atoms with Crippen LogP contribution in [0.4, 0.5) is 0 Å². The van der Waals surface area contributed by atoms with Crippen LogP contribution in [0.3, 0.4) is 0 Å². The SMILES string of the molecule is N[C@@H]1CCCN(S(=O)(=O)c2cccc(S(N)(=O)=O)c2)C1. The van der Waals surface area contributed by atoms with Gasteiger partial charge in [-0.05, 0) is 31.0 Å². The molecule has 1 fully saturated rings. The van der Waals surface area contributed by atoms with E-state index in [9.17, 15) is 16.8 Å². The van der Waals surface area contributed by atoms with Crippen LogP contribution in [0.2, 0.25) is 0 Å². The van der Waals surface area contributed by atoms with Crippen LogP contribution in [0.5, 0.6) is 0 Å². The molecule has 1 aromatic carbocycles. The van der Waals surface area contributed by atoms with Crippen molar-refractivity contribution in [3.8, 4) is 0 Å². The first kappa shape index (κ1) is 15.4. The number of nitrogens with two attached hydrogens (primary N) is 2. The Morgan fingerprint density at radius 1 is 1.15 bits per heavy atom. The molecule has 0 spiro atoms. The topological polar surface area (TPSA) is 124 Å². The Bertz CT molecular complexity index is 700. The third kappa shape index (κ3) is 3.18. The van der Waals surface area contributed by atoms with Crippen molar-refractivity contribution in [1.29, 1.82) is 0 Å². The molecule has 20 heavy (non-hydrogen) atoms. The summed E-state index contributed by atoms with van der Waals surface area (Å²) >= 11 is 0. The van der Waals surface area contributed by atoms with Crippen molar-refractivity contribution < 1.29 is 16.8 Å². The number of rotatable bonds is 3. The standard InChI is InChI=1S/C11H17N3O4S2/c12-9-3-2-6-14(8-9)20(17,18)11-5-1-4-10(7-11)19(13,15)16/h1,4-5,7,9H,2-3,6,8,12H2,(H2,13,15,16)/t9-/m1/s1. The summed E-state index contributed by atoms with van der Waals surface area (Å²) in [5.41, 5.74) is 5.78. The molecule has 0 bridgehead atoms. The third-order valence-electron chi connectivity index (χ3n) is 3.19. The smallest absolute Gasteiger partial charge is 0.243 e. The van der Waals surface area contributed by atoms with E-state index in [0.29, 0.717) is 13.0 Å². The van der Waals surface area contributed by atoms with E-state index in [4.69, 9.17) is 10.9 Å². The summed E-state index contributed by atoms with van der Waals surface area (Å²) < 4.78 is 48.8. The predicted octanol–water partition coefficient (Wildman–Crippen LogP) is -0.554. The minimum atomic E-state index is -3.93. The van der Waals surface area contributed by atoms with Gasteiger partial charge in [-0.15, -0.1) is 0 Å². The van der Waals surface area contributed by atoms with Crippen LogP contribution in [0.1, 0.15) is 12.8 Å². The Morgan fingerprint density at radius 2 is 1.80 bits per heavy atom. The van der Waals surface area contributed by atoms with Crippen LogP contribution in [0, 0.1) is 0 Å². The zero-order chi connectivity index (χ0) is 15.0. The zero-order valence-corrected chi connectivity index (χ0v) is 12.4. The van der Waals surface area contributed by atoms with Gasteiger partial charge >= 0.3 is 0 Å². The van der Waals surface area contributed by atoms with Gasteiger partial charge < -0.3 is 5.73 Å². The highest BCUT2D eigenvalue weighted by Gasteiger charge is 2.29. The first-order valence-corrected chi connectivity index (χ1v) is 9.08. The van der Waals surface area contributed by atoms with E-state index < -0.39 is 20.0 Å². The summed E-state index contributed by atoms with van der Waals surface area (Å²) in [4.78, 5) is -0.307. The largest absolute Gasteiger partial charge is 0.327 e. The van der Waals surface area contributed by atoms with Crippen molar-refractivity contribution in [2.75, 3.05) is 13.1 Å². The van der Waals surface area contributed by atoms with Crippen LogP contribution in [0.25, 0.3) is 0 Å². The molecule has 1 atom stereocenters. The second kappa shape index (κ2) is 5.41. The number of hydrogen-bond donors (Lipinski definition) is 2. The van der Waals surface area contributed by atoms with Crippen molar-refractivity contribution in [1.82, 2.24) is 4.31 Å². The van der Waals surface area contributed by atoms with E-state index in [1.54, 1.807) is 0 Å². The Balaban J connectivity index is 2.39. The van der Waals surface area contributed by atoms with Gasteiger partial charge in [-0.3, -0.25) is 0 Å². The monoisotopic (exact) mass is 319 g/mol. The summed E-state index contributed by atoms with van der Waals surface area (Å²) in [5, 5.41) is 5.01. The van der Waals surface area contributed by atoms with Gasteiger partial charge in [-0.25, -0.2) is 22.0 Å². The molecule has 1 aliphatic rings. The molecule has 1 aromatic rings. The first-order valence-electron chi connectivity index (χ1n) is 6.10. The van der Waals surface area contributed by atoms with E-state index >= 15 is 0 Å². The van der Waals surface area contributed by atoms with Crippen LogP contribution in [-0.4, -0.2) is 40.3 Å². The van der Waals surface area contributed by atoms with Gasteiger partial charge in [0.2, 0.25) is 20.0 Å². The van der Waals surface area contributed by atoms with E-state index in [1.807, 2.05) is 0 Å². The number of sulfonamides is 2. The molecule has 1 heterocycles. The lowest BCUT2D eigenvalue weighted by Gasteiger charge is -2.29. The van der Waals surface area contributed by atoms with Crippen LogP contribution in [0.15, 0.2) is 34.1 Å². The van der Waals surface area contributed by atoms with Gasteiger partial charge in [0.25, 0.3) is 0 Å². The highest BCUT2D eigenvalue weighted by atomic mass is 32.2. The molecular weight excluding hydrogens is 302 g/mol. The third-order valence-corrected chi connectivity index (χ3v) is 5.96. The number of primary sulfonamides is 1. The lowest BCUT2D eigenvalue weighted by Crippen LogP contribution is -2.45. The minimum Gasteiger partial charge on any atom is -0.327 e. The Morgan fingerprint density at radius 3 is 2.40 bits per heavy atom. The maximum atomic E-state index is 12.4. The lowest BCUT2D eigenvalue weighted by molar-refractivity contribution is 0.316. The van der Waals surface area contributed by atoms with Crippen molar-refractivity contribution in [3.05, 3.63) is 24.3 Å². The average molecular weight is 319 g/mol. The molecule has 2 rings (SSSR count). The summed E-state index contributed by atoms with van der Waals surface area (Å²) in [6.45, 7) is 0.623. The fraction of sp³-hybridized carbons (Fsp3) is 0.455. The summed E-state index contributed by atoms with van der Waals surface area (Å²) in [6.07, 6.45) is 1.47. The molecule has 0 amide bonds. The number of nitrogens with zero attached hydrogens (tertiary/aromatic N) is 1. The van der Waals surface area contributed by atoms with E-state index in [1.165, 1.54) is 22.5 Å². The minimum absolute atomic E-state index is 0.0851. The Hall–Kier alpha value is -1.00. The van der Waals surface area contributed by atoms with Crippen molar-refractivity contribution in [2.45, 2.75) is 28.7 Å². The number of benzene rings is 1. The zero-order valence-electron chi connectivity index (χ0n) is 10.8. The van der Waals surface area contributed by atoms with Crippen LogP contribution in [-0.2, 0) is 20.0 Å². The molecule has 4 N–H and O–H groups in total. The molecule has 0 saturated carbocycles. The fourth-order valence-corrected chi connectivity index (χ4v) is 4.37. The molecule has 0 aliphatic carbocycles. The van der Waals surface area contributed by atoms with Gasteiger partial charge in [-0.1, -0.05) is 6.07 Å². The highest BCUT2D eigenvalue weighted by molar-refractivity contribution is 7.90. The molecule has 0 radical (unpaired) electrons. The Kier molecular flexibility index (Phi) is 4.17. The molecule has 9 heteroatoms. The number of piperidine rings is 1. The summed E-state index contributed by atoms with van der Waals surface area (Å²) in [5.74, 6) is 0. The molecule has 0 aromatic heterocycles. The molecule has 7 nitrogen and oxygen atoms in total. The lowest BCUT2D eigenvalue weighted by atomic mass is 10.1. The second-order valence-corrected chi connectivity index (χ2v) is 8.28. The van der Waals surface area contributed by atoms with Crippen LogP contribution >= 0.6 is 0 Å². The van der Waals surface area contributed by atoms with Gasteiger partial charge in [-0.2, -0.15) is 4.31 Å². The maximum Gasteiger partial charge on any atom is 0.243 e. The fourth-order valence-electron chi connectivity index (χ4n) is 2.15. The Labute approximate surface area is 118 Å². The maximum absolute atomic E-state index is 12.4. The highest BCUT2D eigenvalue weighted by Crippen LogP contribution is 2.22. The molecule has 1 saturated heterocycles. The van der Waals surface area contributed by atoms with Gasteiger partial charge in [0, 0.05) is 19.1 Å². The average Bonchev–Trinajstić information content (AvgIpc) is 2.38. The second-order valence-electron chi connectivity index (χ2n) is 4.79. The predicted molar refractivity (Wildman–Crippen MR) is 73.8 cm³/mol. The quantitative estimate of drug-likeness (QED) is 0.773. The van der Waals surface area contributed by atoms with E-state index in [-0.39, 0.29) is 22.4 Å². The molecule has 1 aliphatic heterocycles. The summed E-state index contributed by atoms with van der Waals surface area (Å²) in [6, 6.07) is 4.85. The number of hydrogen-bond acceptors (Lipinski definition) is 5. The van der Waals surface area contributed by atoms with Crippen molar-refractivity contribution in [2.24, 2.45) is 10.9 Å². The van der Waals surface area contributed by atoms with Gasteiger partial charge in [0.05, 0.1) is 9.79 Å². The van der Waals surface area contributed by atoms with Crippen molar-refractivity contribution >= 4 is 20.0 Å². The van der Waals surface area contributed by atoms with E-state index in [2.05, 4.69) is 0 Å². The van der Waals surface area contributed by atoms with Crippen molar-refractivity contribution in [3.63, 3.8) is 0 Å². The normalized spacial score (nSPS) is 21.8.